The van der Waals surface area contributed by atoms with Gasteiger partial charge in [0.25, 0.3) is 0 Å². The Labute approximate surface area is 107 Å². The average molecular weight is 249 g/mol. The summed E-state index contributed by atoms with van der Waals surface area (Å²) in [6.45, 7) is 4.11. The van der Waals surface area contributed by atoms with E-state index in [2.05, 4.69) is 18.3 Å². The van der Waals surface area contributed by atoms with Gasteiger partial charge in [-0.3, -0.25) is 4.79 Å². The SMILES string of the molecule is Cc1ccc(NC(=O)C2CCCSC2)c(C)c1. The van der Waals surface area contributed by atoms with Crippen LogP contribution in [0.15, 0.2) is 18.2 Å². The highest BCUT2D eigenvalue weighted by Gasteiger charge is 2.21. The molecular formula is C14H19NOS. The van der Waals surface area contributed by atoms with Crippen molar-refractivity contribution in [2.75, 3.05) is 16.8 Å². The van der Waals surface area contributed by atoms with Gasteiger partial charge in [-0.25, -0.2) is 0 Å². The molecule has 0 bridgehead atoms. The number of carbonyl (C=O) groups is 1. The fourth-order valence-corrected chi connectivity index (χ4v) is 3.28. The minimum Gasteiger partial charge on any atom is -0.326 e. The number of nitrogens with one attached hydrogen (secondary N) is 1. The third-order valence-corrected chi connectivity index (χ3v) is 4.39. The van der Waals surface area contributed by atoms with E-state index in [1.165, 1.54) is 11.3 Å². The Morgan fingerprint density at radius 3 is 2.88 bits per heavy atom. The standard InChI is InChI=1S/C14H19NOS/c1-10-5-6-13(11(2)8-10)15-14(16)12-4-3-7-17-9-12/h5-6,8,12H,3-4,7,9H2,1-2H3,(H,15,16). The predicted octanol–water partition coefficient (Wildman–Crippen LogP) is 3.39. The molecule has 1 atom stereocenters. The van der Waals surface area contributed by atoms with Gasteiger partial charge in [-0.05, 0) is 44.1 Å². The summed E-state index contributed by atoms with van der Waals surface area (Å²) in [5.74, 6) is 2.54. The Hall–Kier alpha value is -0.960. The lowest BCUT2D eigenvalue weighted by atomic mass is 10.0. The van der Waals surface area contributed by atoms with Crippen LogP contribution >= 0.6 is 11.8 Å². The van der Waals surface area contributed by atoms with Crippen LogP contribution in [0.4, 0.5) is 5.69 Å². The molecule has 0 aliphatic carbocycles. The van der Waals surface area contributed by atoms with E-state index in [0.717, 1.165) is 29.8 Å². The van der Waals surface area contributed by atoms with Crippen molar-refractivity contribution < 1.29 is 4.79 Å². The molecule has 1 amide bonds. The van der Waals surface area contributed by atoms with Crippen LogP contribution in [0.5, 0.6) is 0 Å². The summed E-state index contributed by atoms with van der Waals surface area (Å²) in [4.78, 5) is 12.1. The van der Waals surface area contributed by atoms with E-state index in [-0.39, 0.29) is 11.8 Å². The summed E-state index contributed by atoms with van der Waals surface area (Å²) in [6.07, 6.45) is 2.19. The van der Waals surface area contributed by atoms with Crippen molar-refractivity contribution >= 4 is 23.4 Å². The lowest BCUT2D eigenvalue weighted by Crippen LogP contribution is -2.27. The second-order valence-electron chi connectivity index (χ2n) is 4.72. The number of hydrogen-bond acceptors (Lipinski definition) is 2. The maximum atomic E-state index is 12.1. The van der Waals surface area contributed by atoms with Gasteiger partial charge in [-0.1, -0.05) is 17.7 Å². The van der Waals surface area contributed by atoms with Crippen LogP contribution < -0.4 is 5.32 Å². The number of anilines is 1. The first-order valence-corrected chi connectivity index (χ1v) is 7.28. The number of amides is 1. The summed E-state index contributed by atoms with van der Waals surface area (Å²) in [7, 11) is 0. The molecule has 17 heavy (non-hydrogen) atoms. The molecule has 1 N–H and O–H groups in total. The Morgan fingerprint density at radius 2 is 2.24 bits per heavy atom. The molecule has 0 spiro atoms. The molecular weight excluding hydrogens is 230 g/mol. The van der Waals surface area contributed by atoms with E-state index in [0.29, 0.717) is 0 Å². The largest absolute Gasteiger partial charge is 0.326 e. The maximum Gasteiger partial charge on any atom is 0.228 e. The Bertz CT molecular complexity index is 411. The van der Waals surface area contributed by atoms with Crippen molar-refractivity contribution in [3.05, 3.63) is 29.3 Å². The fraction of sp³-hybridized carbons (Fsp3) is 0.500. The summed E-state index contributed by atoms with van der Waals surface area (Å²) in [5.41, 5.74) is 3.33. The Balaban J connectivity index is 2.02. The van der Waals surface area contributed by atoms with Gasteiger partial charge in [0, 0.05) is 17.4 Å². The molecule has 0 radical (unpaired) electrons. The molecule has 1 aliphatic heterocycles. The average Bonchev–Trinajstić information content (AvgIpc) is 2.34. The van der Waals surface area contributed by atoms with E-state index in [1.54, 1.807) is 0 Å². The van der Waals surface area contributed by atoms with Crippen molar-refractivity contribution in [2.24, 2.45) is 5.92 Å². The Morgan fingerprint density at radius 1 is 1.41 bits per heavy atom. The highest BCUT2D eigenvalue weighted by atomic mass is 32.2. The highest BCUT2D eigenvalue weighted by Crippen LogP contribution is 2.24. The second kappa shape index (κ2) is 5.58. The molecule has 0 aromatic heterocycles. The normalized spacial score (nSPS) is 20.0. The van der Waals surface area contributed by atoms with Gasteiger partial charge in [0.05, 0.1) is 0 Å². The lowest BCUT2D eigenvalue weighted by Gasteiger charge is -2.21. The monoisotopic (exact) mass is 249 g/mol. The van der Waals surface area contributed by atoms with E-state index < -0.39 is 0 Å². The first-order chi connectivity index (χ1) is 8.16. The van der Waals surface area contributed by atoms with Crippen LogP contribution in [0.3, 0.4) is 0 Å². The van der Waals surface area contributed by atoms with Gasteiger partial charge in [0.1, 0.15) is 0 Å². The second-order valence-corrected chi connectivity index (χ2v) is 5.87. The van der Waals surface area contributed by atoms with E-state index in [4.69, 9.17) is 0 Å². The molecule has 3 heteroatoms. The highest BCUT2D eigenvalue weighted by molar-refractivity contribution is 7.99. The van der Waals surface area contributed by atoms with Gasteiger partial charge < -0.3 is 5.32 Å². The fourth-order valence-electron chi connectivity index (χ4n) is 2.14. The van der Waals surface area contributed by atoms with Crippen LogP contribution in [0.2, 0.25) is 0 Å². The number of carbonyl (C=O) groups excluding carboxylic acids is 1. The lowest BCUT2D eigenvalue weighted by molar-refractivity contribution is -0.119. The third-order valence-electron chi connectivity index (χ3n) is 3.17. The van der Waals surface area contributed by atoms with E-state index >= 15 is 0 Å². The van der Waals surface area contributed by atoms with Crippen LogP contribution in [-0.2, 0) is 4.79 Å². The minimum absolute atomic E-state index is 0.184. The predicted molar refractivity (Wildman–Crippen MR) is 74.6 cm³/mol. The third kappa shape index (κ3) is 3.25. The molecule has 1 fully saturated rings. The number of hydrogen-bond donors (Lipinski definition) is 1. The zero-order valence-corrected chi connectivity index (χ0v) is 11.3. The zero-order chi connectivity index (χ0) is 12.3. The Kier molecular flexibility index (Phi) is 4.11. The van der Waals surface area contributed by atoms with E-state index in [1.807, 2.05) is 30.8 Å². The summed E-state index contributed by atoms with van der Waals surface area (Å²) < 4.78 is 0. The summed E-state index contributed by atoms with van der Waals surface area (Å²) >= 11 is 1.89. The van der Waals surface area contributed by atoms with Gasteiger partial charge in [0.2, 0.25) is 5.91 Å². The number of aryl methyl sites for hydroxylation is 2. The first kappa shape index (κ1) is 12.5. The van der Waals surface area contributed by atoms with Crippen LogP contribution in [0.1, 0.15) is 24.0 Å². The quantitative estimate of drug-likeness (QED) is 0.870. The summed E-state index contributed by atoms with van der Waals surface area (Å²) in [5, 5.41) is 3.05. The van der Waals surface area contributed by atoms with Crippen molar-refractivity contribution in [3.63, 3.8) is 0 Å². The minimum atomic E-state index is 0.184. The number of thioether (sulfide) groups is 1. The van der Waals surface area contributed by atoms with Crippen molar-refractivity contribution in [1.82, 2.24) is 0 Å². The summed E-state index contributed by atoms with van der Waals surface area (Å²) in [6, 6.07) is 6.14. The van der Waals surface area contributed by atoms with Gasteiger partial charge in [-0.2, -0.15) is 11.8 Å². The topological polar surface area (TPSA) is 29.1 Å². The zero-order valence-electron chi connectivity index (χ0n) is 10.5. The molecule has 1 saturated heterocycles. The molecule has 1 aromatic rings. The van der Waals surface area contributed by atoms with Crippen molar-refractivity contribution in [2.45, 2.75) is 26.7 Å². The van der Waals surface area contributed by atoms with Crippen LogP contribution in [0, 0.1) is 19.8 Å². The van der Waals surface area contributed by atoms with Crippen LogP contribution in [-0.4, -0.2) is 17.4 Å². The maximum absolute atomic E-state index is 12.1. The van der Waals surface area contributed by atoms with Crippen LogP contribution in [0.25, 0.3) is 0 Å². The molecule has 92 valence electrons. The van der Waals surface area contributed by atoms with Gasteiger partial charge in [-0.15, -0.1) is 0 Å². The van der Waals surface area contributed by atoms with Crippen molar-refractivity contribution in [3.8, 4) is 0 Å². The molecule has 1 aliphatic rings. The molecule has 1 aromatic carbocycles. The molecule has 0 saturated carbocycles. The molecule has 2 rings (SSSR count). The smallest absolute Gasteiger partial charge is 0.228 e. The first-order valence-electron chi connectivity index (χ1n) is 6.12. The molecule has 2 nitrogen and oxygen atoms in total. The van der Waals surface area contributed by atoms with Gasteiger partial charge >= 0.3 is 0 Å². The molecule has 1 unspecified atom stereocenters. The number of benzene rings is 1. The number of rotatable bonds is 2. The molecule has 1 heterocycles. The van der Waals surface area contributed by atoms with Gasteiger partial charge in [0.15, 0.2) is 0 Å². The van der Waals surface area contributed by atoms with E-state index in [9.17, 15) is 4.79 Å². The van der Waals surface area contributed by atoms with Crippen molar-refractivity contribution in [1.29, 1.82) is 0 Å².